The zero-order valence-electron chi connectivity index (χ0n) is 17.9. The van der Waals surface area contributed by atoms with E-state index in [4.69, 9.17) is 5.14 Å². The first-order valence-corrected chi connectivity index (χ1v) is 11.6. The van der Waals surface area contributed by atoms with Crippen molar-refractivity contribution in [1.82, 2.24) is 9.97 Å². The smallest absolute Gasteiger partial charge is 0.404 e. The monoisotopic (exact) mass is 481 g/mol. The van der Waals surface area contributed by atoms with Gasteiger partial charge in [-0.25, -0.2) is 18.5 Å². The Morgan fingerprint density at radius 2 is 1.85 bits per heavy atom. The molecule has 2 N–H and O–H groups in total. The molecule has 1 aromatic heterocycles. The number of hydrogen-bond donors (Lipinski definition) is 1. The molecule has 1 atom stereocenters. The van der Waals surface area contributed by atoms with Crippen LogP contribution in [-0.4, -0.2) is 51.9 Å². The number of para-hydroxylation sites is 2. The van der Waals surface area contributed by atoms with E-state index in [9.17, 15) is 21.6 Å². The predicted octanol–water partition coefficient (Wildman–Crippen LogP) is 3.24. The summed E-state index contributed by atoms with van der Waals surface area (Å²) in [6.45, 7) is 0.758. The Balaban J connectivity index is 1.72. The molecule has 2 aromatic carbocycles. The fourth-order valence-electron chi connectivity index (χ4n) is 4.03. The van der Waals surface area contributed by atoms with Gasteiger partial charge in [0.05, 0.1) is 5.52 Å². The van der Waals surface area contributed by atoms with Crippen molar-refractivity contribution in [3.8, 4) is 5.75 Å². The van der Waals surface area contributed by atoms with Crippen LogP contribution in [0.25, 0.3) is 10.9 Å². The average Bonchev–Trinajstić information content (AvgIpc) is 3.21. The number of aromatic nitrogens is 2. The molecule has 1 aliphatic rings. The van der Waals surface area contributed by atoms with Gasteiger partial charge in [-0.3, -0.25) is 0 Å². The van der Waals surface area contributed by atoms with Gasteiger partial charge in [0.25, 0.3) is 0 Å². The van der Waals surface area contributed by atoms with Crippen LogP contribution in [0, 0.1) is 0 Å². The molecule has 4 rings (SSSR count). The molecule has 1 aliphatic heterocycles. The number of nitrogens with two attached hydrogens (primary N) is 1. The molecule has 2 heterocycles. The fourth-order valence-corrected chi connectivity index (χ4v) is 4.72. The number of sulfonamides is 1. The fraction of sp³-hybridized carbons (Fsp3) is 0.333. The van der Waals surface area contributed by atoms with Gasteiger partial charge < -0.3 is 14.5 Å². The van der Waals surface area contributed by atoms with E-state index in [-0.39, 0.29) is 12.1 Å². The van der Waals surface area contributed by atoms with Crippen molar-refractivity contribution in [2.45, 2.75) is 23.6 Å². The molecule has 0 spiro atoms. The standard InChI is InChI=1S/C21H22F3N5O3S/c1-28(2)19-15-6-3-4-8-16(15)26-20(27-19)29-11-10-13(12-29)14-7-5-9-17(33(25,30)31)18(14)32-21(22,23)24/h3-9,13H,10-12H2,1-2H3,(H2,25,30,31). The molecule has 0 amide bonds. The third kappa shape index (κ3) is 4.81. The molecule has 33 heavy (non-hydrogen) atoms. The second kappa shape index (κ2) is 8.34. The first-order chi connectivity index (χ1) is 15.4. The van der Waals surface area contributed by atoms with Crippen LogP contribution in [0.1, 0.15) is 17.9 Å². The molecule has 1 saturated heterocycles. The number of alkyl halides is 3. The number of benzene rings is 2. The Morgan fingerprint density at radius 1 is 1.12 bits per heavy atom. The van der Waals surface area contributed by atoms with Gasteiger partial charge in [0.2, 0.25) is 16.0 Å². The van der Waals surface area contributed by atoms with Crippen LogP contribution in [0.3, 0.4) is 0 Å². The lowest BCUT2D eigenvalue weighted by Gasteiger charge is -2.22. The van der Waals surface area contributed by atoms with Gasteiger partial charge in [-0.1, -0.05) is 24.3 Å². The minimum absolute atomic E-state index is 0.120. The number of ether oxygens (including phenoxy) is 1. The third-order valence-electron chi connectivity index (χ3n) is 5.44. The van der Waals surface area contributed by atoms with E-state index in [0.29, 0.717) is 18.9 Å². The highest BCUT2D eigenvalue weighted by molar-refractivity contribution is 7.89. The van der Waals surface area contributed by atoms with Crippen LogP contribution in [0.2, 0.25) is 0 Å². The summed E-state index contributed by atoms with van der Waals surface area (Å²) in [5, 5.41) is 6.03. The highest BCUT2D eigenvalue weighted by Gasteiger charge is 2.37. The zero-order chi connectivity index (χ0) is 24.0. The third-order valence-corrected chi connectivity index (χ3v) is 6.37. The van der Waals surface area contributed by atoms with Crippen LogP contribution in [0.5, 0.6) is 5.75 Å². The molecule has 3 aromatic rings. The van der Waals surface area contributed by atoms with Gasteiger partial charge in [-0.15, -0.1) is 13.2 Å². The Labute approximate surface area is 188 Å². The van der Waals surface area contributed by atoms with Crippen LogP contribution in [-0.2, 0) is 10.0 Å². The Morgan fingerprint density at radius 3 is 2.52 bits per heavy atom. The van der Waals surface area contributed by atoms with E-state index >= 15 is 0 Å². The molecule has 8 nitrogen and oxygen atoms in total. The summed E-state index contributed by atoms with van der Waals surface area (Å²) in [5.41, 5.74) is 0.863. The van der Waals surface area contributed by atoms with Crippen molar-refractivity contribution in [3.05, 3.63) is 48.0 Å². The number of primary sulfonamides is 1. The summed E-state index contributed by atoms with van der Waals surface area (Å²) in [7, 11) is -0.700. The summed E-state index contributed by atoms with van der Waals surface area (Å²) in [4.78, 5) is 12.3. The normalized spacial score (nSPS) is 16.9. The highest BCUT2D eigenvalue weighted by Crippen LogP contribution is 2.40. The van der Waals surface area contributed by atoms with Crippen molar-refractivity contribution in [1.29, 1.82) is 0 Å². The molecule has 0 bridgehead atoms. The summed E-state index contributed by atoms with van der Waals surface area (Å²) in [6, 6.07) is 11.3. The lowest BCUT2D eigenvalue weighted by molar-refractivity contribution is -0.275. The van der Waals surface area contributed by atoms with Gasteiger partial charge in [-0.05, 0) is 24.6 Å². The van der Waals surface area contributed by atoms with E-state index in [1.165, 1.54) is 12.1 Å². The maximum Gasteiger partial charge on any atom is 0.573 e. The Kier molecular flexibility index (Phi) is 5.83. The van der Waals surface area contributed by atoms with Crippen molar-refractivity contribution >= 4 is 32.7 Å². The first kappa shape index (κ1) is 23.1. The van der Waals surface area contributed by atoms with Crippen molar-refractivity contribution < 1.29 is 26.3 Å². The topological polar surface area (TPSA) is 102 Å². The van der Waals surface area contributed by atoms with Crippen molar-refractivity contribution in [2.24, 2.45) is 5.14 Å². The molecular weight excluding hydrogens is 459 g/mol. The molecular formula is C21H22F3N5O3S. The predicted molar refractivity (Wildman–Crippen MR) is 118 cm³/mol. The number of rotatable bonds is 5. The minimum atomic E-state index is -5.07. The van der Waals surface area contributed by atoms with Gasteiger partial charge in [0.1, 0.15) is 10.7 Å². The number of nitrogens with zero attached hydrogens (tertiary/aromatic N) is 4. The molecule has 1 unspecified atom stereocenters. The quantitative estimate of drug-likeness (QED) is 0.597. The molecule has 12 heteroatoms. The molecule has 1 fully saturated rings. The van der Waals surface area contributed by atoms with Gasteiger partial charge in [0, 0.05) is 44.1 Å². The van der Waals surface area contributed by atoms with E-state index in [1.807, 2.05) is 48.2 Å². The van der Waals surface area contributed by atoms with E-state index in [2.05, 4.69) is 14.7 Å². The van der Waals surface area contributed by atoms with E-state index < -0.39 is 32.9 Å². The number of hydrogen-bond acceptors (Lipinski definition) is 7. The summed E-state index contributed by atoms with van der Waals surface area (Å²) in [6.07, 6.45) is -4.62. The van der Waals surface area contributed by atoms with E-state index in [1.54, 1.807) is 0 Å². The zero-order valence-corrected chi connectivity index (χ0v) is 18.7. The maximum atomic E-state index is 13.1. The summed E-state index contributed by atoms with van der Waals surface area (Å²) < 4.78 is 67.2. The van der Waals surface area contributed by atoms with E-state index in [0.717, 1.165) is 22.8 Å². The van der Waals surface area contributed by atoms with Crippen LogP contribution >= 0.6 is 0 Å². The Hall–Kier alpha value is -3.12. The summed E-state index contributed by atoms with van der Waals surface area (Å²) >= 11 is 0. The van der Waals surface area contributed by atoms with Crippen molar-refractivity contribution in [3.63, 3.8) is 0 Å². The summed E-state index contributed by atoms with van der Waals surface area (Å²) in [5.74, 6) is -0.0631. The maximum absolute atomic E-state index is 13.1. The van der Waals surface area contributed by atoms with Crippen LogP contribution in [0.4, 0.5) is 24.9 Å². The SMILES string of the molecule is CN(C)c1nc(N2CCC(c3cccc(S(N)(=O)=O)c3OC(F)(F)F)C2)nc2ccccc12. The van der Waals surface area contributed by atoms with Gasteiger partial charge in [0.15, 0.2) is 5.75 Å². The highest BCUT2D eigenvalue weighted by atomic mass is 32.2. The van der Waals surface area contributed by atoms with Crippen LogP contribution in [0.15, 0.2) is 47.4 Å². The first-order valence-electron chi connectivity index (χ1n) is 10.0. The lowest BCUT2D eigenvalue weighted by Crippen LogP contribution is -2.25. The largest absolute Gasteiger partial charge is 0.573 e. The number of anilines is 2. The van der Waals surface area contributed by atoms with Gasteiger partial charge >= 0.3 is 6.36 Å². The molecule has 0 aliphatic carbocycles. The lowest BCUT2D eigenvalue weighted by atomic mass is 9.97. The molecule has 0 radical (unpaired) electrons. The molecule has 176 valence electrons. The Bertz CT molecular complexity index is 1300. The second-order valence-corrected chi connectivity index (χ2v) is 9.49. The average molecular weight is 482 g/mol. The molecule has 0 saturated carbocycles. The second-order valence-electron chi connectivity index (χ2n) is 7.96. The van der Waals surface area contributed by atoms with Crippen LogP contribution < -0.4 is 19.7 Å². The minimum Gasteiger partial charge on any atom is -0.404 e. The number of halogens is 3. The van der Waals surface area contributed by atoms with Gasteiger partial charge in [-0.2, -0.15) is 4.98 Å². The van der Waals surface area contributed by atoms with Crippen molar-refractivity contribution in [2.75, 3.05) is 37.0 Å². The number of fused-ring (bicyclic) bond motifs is 1.